The summed E-state index contributed by atoms with van der Waals surface area (Å²) in [5.41, 5.74) is 4.04. The highest BCUT2D eigenvalue weighted by molar-refractivity contribution is 6.30. The van der Waals surface area contributed by atoms with E-state index in [1.165, 1.54) is 11.3 Å². The average molecular weight is 394 g/mol. The van der Waals surface area contributed by atoms with Crippen molar-refractivity contribution < 1.29 is 4.79 Å². The molecule has 0 bridgehead atoms. The van der Waals surface area contributed by atoms with E-state index in [0.29, 0.717) is 16.6 Å². The highest BCUT2D eigenvalue weighted by Crippen LogP contribution is 2.42. The Morgan fingerprint density at radius 3 is 2.61 bits per heavy atom. The molecule has 0 saturated heterocycles. The molecule has 2 aromatic rings. The van der Waals surface area contributed by atoms with Crippen LogP contribution in [0.25, 0.3) is 6.08 Å². The van der Waals surface area contributed by atoms with E-state index in [4.69, 9.17) is 11.6 Å². The van der Waals surface area contributed by atoms with Gasteiger partial charge in [-0.15, -0.1) is 0 Å². The number of fused-ring (bicyclic) bond motifs is 1. The molecule has 4 nitrogen and oxygen atoms in total. The van der Waals surface area contributed by atoms with E-state index in [1.54, 1.807) is 30.3 Å². The molecule has 144 valence electrons. The Morgan fingerprint density at radius 2 is 1.96 bits per heavy atom. The van der Waals surface area contributed by atoms with Gasteiger partial charge in [-0.2, -0.15) is 5.26 Å². The number of benzene rings is 2. The fraction of sp³-hybridized carbons (Fsp3) is 0.304. The van der Waals surface area contributed by atoms with Crippen molar-refractivity contribution in [2.45, 2.75) is 38.6 Å². The highest BCUT2D eigenvalue weighted by Gasteiger charge is 2.33. The van der Waals surface area contributed by atoms with Crippen molar-refractivity contribution in [1.29, 1.82) is 5.26 Å². The molecule has 1 aliphatic rings. The summed E-state index contributed by atoms with van der Waals surface area (Å²) in [4.78, 5) is 14.8. The maximum Gasteiger partial charge on any atom is 0.266 e. The summed E-state index contributed by atoms with van der Waals surface area (Å²) in [7, 11) is 2.11. The molecule has 5 heteroatoms. The van der Waals surface area contributed by atoms with E-state index in [-0.39, 0.29) is 11.1 Å². The Labute approximate surface area is 171 Å². The molecular weight excluding hydrogens is 370 g/mol. The molecule has 0 aliphatic carbocycles. The molecule has 1 atom stereocenters. The Morgan fingerprint density at radius 1 is 1.29 bits per heavy atom. The average Bonchev–Trinajstić information content (AvgIpc) is 2.65. The number of carbonyl (C=O) groups is 1. The first-order valence-corrected chi connectivity index (χ1v) is 9.65. The first-order valence-electron chi connectivity index (χ1n) is 9.28. The van der Waals surface area contributed by atoms with E-state index in [1.807, 2.05) is 12.1 Å². The lowest BCUT2D eigenvalue weighted by Gasteiger charge is -2.45. The molecule has 2 aromatic carbocycles. The summed E-state index contributed by atoms with van der Waals surface area (Å²) in [5, 5.41) is 12.8. The summed E-state index contributed by atoms with van der Waals surface area (Å²) in [6.07, 6.45) is 2.68. The standard InChI is InChI=1S/C23H24ClN3O/c1-15-13-23(2,3)27(4)21-10-5-16(12-20(15)21)11-17(14-25)22(28)26-19-8-6-18(24)7-9-19/h5-12,15H,13H2,1-4H3,(H,26,28)/b17-11-. The summed E-state index contributed by atoms with van der Waals surface area (Å²) < 4.78 is 0. The third kappa shape index (κ3) is 4.05. The molecule has 1 N–H and O–H groups in total. The molecule has 28 heavy (non-hydrogen) atoms. The van der Waals surface area contributed by atoms with Gasteiger partial charge in [0.15, 0.2) is 0 Å². The van der Waals surface area contributed by atoms with Gasteiger partial charge in [-0.1, -0.05) is 24.6 Å². The third-order valence-electron chi connectivity index (χ3n) is 5.44. The largest absolute Gasteiger partial charge is 0.369 e. The molecule has 1 heterocycles. The lowest BCUT2D eigenvalue weighted by Crippen LogP contribution is -2.45. The predicted molar refractivity (Wildman–Crippen MR) is 116 cm³/mol. The molecule has 1 amide bonds. The normalized spacial score (nSPS) is 18.2. The fourth-order valence-corrected chi connectivity index (χ4v) is 3.86. The lowest BCUT2D eigenvalue weighted by atomic mass is 9.80. The molecule has 0 radical (unpaired) electrons. The topological polar surface area (TPSA) is 56.1 Å². The minimum absolute atomic E-state index is 0.0621. The minimum Gasteiger partial charge on any atom is -0.369 e. The van der Waals surface area contributed by atoms with Crippen LogP contribution in [0.3, 0.4) is 0 Å². The van der Waals surface area contributed by atoms with Crippen LogP contribution in [0.2, 0.25) is 5.02 Å². The molecular formula is C23H24ClN3O. The first-order chi connectivity index (χ1) is 13.2. The van der Waals surface area contributed by atoms with Crippen LogP contribution in [-0.4, -0.2) is 18.5 Å². The number of halogens is 1. The van der Waals surface area contributed by atoms with Gasteiger partial charge in [-0.25, -0.2) is 0 Å². The van der Waals surface area contributed by atoms with Crippen LogP contribution in [0.4, 0.5) is 11.4 Å². The van der Waals surface area contributed by atoms with E-state index in [0.717, 1.165) is 12.0 Å². The quantitative estimate of drug-likeness (QED) is 0.544. The SMILES string of the molecule is CC1CC(C)(C)N(C)c2ccc(/C=C(/C#N)C(=O)Nc3ccc(Cl)cc3)cc21. The Kier molecular flexibility index (Phi) is 5.49. The number of hydrogen-bond acceptors (Lipinski definition) is 3. The van der Waals surface area contributed by atoms with Crippen molar-refractivity contribution >= 4 is 35.0 Å². The van der Waals surface area contributed by atoms with E-state index >= 15 is 0 Å². The second-order valence-corrected chi connectivity index (χ2v) is 8.36. The van der Waals surface area contributed by atoms with Gasteiger partial charge in [0.1, 0.15) is 11.6 Å². The molecule has 0 saturated carbocycles. The molecule has 0 fully saturated rings. The summed E-state index contributed by atoms with van der Waals surface area (Å²) >= 11 is 5.86. The zero-order chi connectivity index (χ0) is 20.5. The van der Waals surface area contributed by atoms with Crippen molar-refractivity contribution in [3.8, 4) is 6.07 Å². The first kappa shape index (κ1) is 20.0. The molecule has 0 spiro atoms. The minimum atomic E-state index is -0.436. The van der Waals surface area contributed by atoms with Gasteiger partial charge in [0.25, 0.3) is 5.91 Å². The van der Waals surface area contributed by atoms with Crippen molar-refractivity contribution in [3.05, 3.63) is 64.2 Å². The highest BCUT2D eigenvalue weighted by atomic mass is 35.5. The number of nitrogens with zero attached hydrogens (tertiary/aromatic N) is 2. The van der Waals surface area contributed by atoms with Crippen LogP contribution >= 0.6 is 11.6 Å². The van der Waals surface area contributed by atoms with Crippen LogP contribution in [0, 0.1) is 11.3 Å². The Hall–Kier alpha value is -2.77. The van der Waals surface area contributed by atoms with Gasteiger partial charge in [-0.05, 0) is 79.8 Å². The Bertz CT molecular complexity index is 970. The summed E-state index contributed by atoms with van der Waals surface area (Å²) in [6, 6.07) is 14.9. The van der Waals surface area contributed by atoms with Gasteiger partial charge in [-0.3, -0.25) is 4.79 Å². The van der Waals surface area contributed by atoms with Crippen molar-refractivity contribution in [3.63, 3.8) is 0 Å². The van der Waals surface area contributed by atoms with Crippen LogP contribution in [0.15, 0.2) is 48.0 Å². The summed E-state index contributed by atoms with van der Waals surface area (Å²) in [6.45, 7) is 6.71. The van der Waals surface area contributed by atoms with Crippen molar-refractivity contribution in [1.82, 2.24) is 0 Å². The van der Waals surface area contributed by atoms with Gasteiger partial charge in [0.05, 0.1) is 0 Å². The van der Waals surface area contributed by atoms with Crippen LogP contribution in [0.5, 0.6) is 0 Å². The maximum absolute atomic E-state index is 12.5. The number of carbonyl (C=O) groups excluding carboxylic acids is 1. The predicted octanol–water partition coefficient (Wildman–Crippen LogP) is 5.61. The monoisotopic (exact) mass is 393 g/mol. The lowest BCUT2D eigenvalue weighted by molar-refractivity contribution is -0.112. The van der Waals surface area contributed by atoms with E-state index in [2.05, 4.69) is 50.2 Å². The zero-order valence-electron chi connectivity index (χ0n) is 16.6. The molecule has 1 unspecified atom stereocenters. The molecule has 3 rings (SSSR count). The van der Waals surface area contributed by atoms with Crippen LogP contribution in [0.1, 0.15) is 44.2 Å². The summed E-state index contributed by atoms with van der Waals surface area (Å²) in [5.74, 6) is -0.0307. The van der Waals surface area contributed by atoms with E-state index < -0.39 is 5.91 Å². The van der Waals surface area contributed by atoms with E-state index in [9.17, 15) is 10.1 Å². The van der Waals surface area contributed by atoms with Crippen molar-refractivity contribution in [2.75, 3.05) is 17.3 Å². The Balaban J connectivity index is 1.87. The number of anilines is 2. The van der Waals surface area contributed by atoms with Crippen LogP contribution < -0.4 is 10.2 Å². The number of amides is 1. The van der Waals surface area contributed by atoms with Gasteiger partial charge < -0.3 is 10.2 Å². The molecule has 0 aromatic heterocycles. The fourth-order valence-electron chi connectivity index (χ4n) is 3.73. The number of hydrogen-bond donors (Lipinski definition) is 1. The number of rotatable bonds is 3. The molecule has 1 aliphatic heterocycles. The zero-order valence-corrected chi connectivity index (χ0v) is 17.3. The number of nitriles is 1. The number of nitrogens with one attached hydrogen (secondary N) is 1. The van der Waals surface area contributed by atoms with Gasteiger partial charge in [0, 0.05) is 29.0 Å². The second-order valence-electron chi connectivity index (χ2n) is 7.93. The smallest absolute Gasteiger partial charge is 0.266 e. The van der Waals surface area contributed by atoms with Crippen LogP contribution in [-0.2, 0) is 4.79 Å². The van der Waals surface area contributed by atoms with Crippen molar-refractivity contribution in [2.24, 2.45) is 0 Å². The third-order valence-corrected chi connectivity index (χ3v) is 5.69. The van der Waals surface area contributed by atoms with Gasteiger partial charge >= 0.3 is 0 Å². The van der Waals surface area contributed by atoms with Gasteiger partial charge in [0.2, 0.25) is 0 Å². The maximum atomic E-state index is 12.5. The second kappa shape index (κ2) is 7.69.